The number of nitrogens with zero attached hydrogens (tertiary/aromatic N) is 1. The van der Waals surface area contributed by atoms with Crippen LogP contribution in [0, 0.1) is 0 Å². The molecule has 1 N–H and O–H groups in total. The maximum Gasteiger partial charge on any atom is 0.104 e. The fraction of sp³-hybridized carbons (Fsp3) is 0.115. The maximum absolute atomic E-state index is 12.0. The van der Waals surface area contributed by atoms with Crippen molar-refractivity contribution in [3.8, 4) is 0 Å². The van der Waals surface area contributed by atoms with Crippen LogP contribution in [0.15, 0.2) is 110 Å². The SMILES string of the molecule is C=CCC(O)(c1ccccc1)C(c1ccccc1)c1cnc2ccccc2c1. The van der Waals surface area contributed by atoms with Gasteiger partial charge in [0.15, 0.2) is 0 Å². The van der Waals surface area contributed by atoms with Gasteiger partial charge in [-0.2, -0.15) is 0 Å². The zero-order valence-electron chi connectivity index (χ0n) is 15.7. The summed E-state index contributed by atoms with van der Waals surface area (Å²) in [5.41, 5.74) is 2.72. The molecule has 0 aliphatic rings. The third kappa shape index (κ3) is 3.35. The van der Waals surface area contributed by atoms with Gasteiger partial charge >= 0.3 is 0 Å². The van der Waals surface area contributed by atoms with Crippen molar-refractivity contribution in [2.24, 2.45) is 0 Å². The number of pyridine rings is 1. The molecule has 0 aliphatic heterocycles. The summed E-state index contributed by atoms with van der Waals surface area (Å²) in [6.07, 6.45) is 4.11. The second-order valence-electron chi connectivity index (χ2n) is 7.09. The number of hydrogen-bond donors (Lipinski definition) is 1. The van der Waals surface area contributed by atoms with E-state index in [-0.39, 0.29) is 5.92 Å². The number of hydrogen-bond acceptors (Lipinski definition) is 2. The quantitative estimate of drug-likeness (QED) is 0.436. The third-order valence-corrected chi connectivity index (χ3v) is 5.28. The highest BCUT2D eigenvalue weighted by molar-refractivity contribution is 5.79. The minimum absolute atomic E-state index is 0.272. The predicted octanol–water partition coefficient (Wildman–Crippen LogP) is 5.83. The van der Waals surface area contributed by atoms with E-state index in [4.69, 9.17) is 0 Å². The Labute approximate surface area is 165 Å². The first-order chi connectivity index (χ1) is 13.7. The molecule has 2 nitrogen and oxygen atoms in total. The van der Waals surface area contributed by atoms with Crippen LogP contribution >= 0.6 is 0 Å². The zero-order chi connectivity index (χ0) is 19.4. The van der Waals surface area contributed by atoms with Crippen LogP contribution in [0.1, 0.15) is 29.0 Å². The lowest BCUT2D eigenvalue weighted by Crippen LogP contribution is -2.34. The Balaban J connectivity index is 1.95. The fourth-order valence-electron chi connectivity index (χ4n) is 3.98. The van der Waals surface area contributed by atoms with E-state index in [2.05, 4.69) is 35.8 Å². The molecule has 1 heterocycles. The first-order valence-electron chi connectivity index (χ1n) is 9.51. The zero-order valence-corrected chi connectivity index (χ0v) is 15.7. The van der Waals surface area contributed by atoms with Crippen molar-refractivity contribution < 1.29 is 5.11 Å². The molecule has 0 saturated carbocycles. The van der Waals surface area contributed by atoms with Gasteiger partial charge in [-0.3, -0.25) is 4.98 Å². The summed E-state index contributed by atoms with van der Waals surface area (Å²) in [4.78, 5) is 4.66. The summed E-state index contributed by atoms with van der Waals surface area (Å²) in [6, 6.07) is 30.2. The van der Waals surface area contributed by atoms with Crippen molar-refractivity contribution in [1.29, 1.82) is 0 Å². The standard InChI is InChI=1S/C26H23NO/c1-2-17-26(28,23-14-7-4-8-15-23)25(20-11-5-3-6-12-20)22-18-21-13-9-10-16-24(21)27-19-22/h2-16,18-19,25,28H,1,17H2. The van der Waals surface area contributed by atoms with E-state index in [1.54, 1.807) is 6.08 Å². The van der Waals surface area contributed by atoms with Crippen molar-refractivity contribution in [2.45, 2.75) is 17.9 Å². The molecule has 1 aromatic heterocycles. The van der Waals surface area contributed by atoms with Gasteiger partial charge in [0.25, 0.3) is 0 Å². The summed E-state index contributed by atoms with van der Waals surface area (Å²) < 4.78 is 0. The highest BCUT2D eigenvalue weighted by Crippen LogP contribution is 2.44. The molecule has 0 spiro atoms. The van der Waals surface area contributed by atoms with E-state index in [1.807, 2.05) is 72.9 Å². The molecule has 3 aromatic carbocycles. The topological polar surface area (TPSA) is 33.1 Å². The van der Waals surface area contributed by atoms with E-state index >= 15 is 0 Å². The van der Waals surface area contributed by atoms with E-state index in [0.29, 0.717) is 6.42 Å². The Morgan fingerprint density at radius 3 is 2.21 bits per heavy atom. The van der Waals surface area contributed by atoms with Gasteiger partial charge in [0.05, 0.1) is 5.52 Å². The Morgan fingerprint density at radius 1 is 0.857 bits per heavy atom. The van der Waals surface area contributed by atoms with Gasteiger partial charge in [-0.15, -0.1) is 6.58 Å². The molecule has 28 heavy (non-hydrogen) atoms. The molecule has 0 bridgehead atoms. The Hall–Kier alpha value is -3.23. The van der Waals surface area contributed by atoms with E-state index in [1.165, 1.54) is 0 Å². The fourth-order valence-corrected chi connectivity index (χ4v) is 3.98. The lowest BCUT2D eigenvalue weighted by Gasteiger charge is -2.37. The average molecular weight is 365 g/mol. The number of aromatic nitrogens is 1. The molecule has 0 aliphatic carbocycles. The van der Waals surface area contributed by atoms with Gasteiger partial charge in [-0.1, -0.05) is 84.9 Å². The lowest BCUT2D eigenvalue weighted by molar-refractivity contribution is 0.0221. The molecule has 0 amide bonds. The van der Waals surface area contributed by atoms with Gasteiger partial charge in [0, 0.05) is 17.5 Å². The summed E-state index contributed by atoms with van der Waals surface area (Å²) in [6.45, 7) is 3.92. The van der Waals surface area contributed by atoms with Crippen molar-refractivity contribution >= 4 is 10.9 Å². The Morgan fingerprint density at radius 2 is 1.50 bits per heavy atom. The normalized spacial score (nSPS) is 14.3. The minimum Gasteiger partial charge on any atom is -0.384 e. The van der Waals surface area contributed by atoms with E-state index < -0.39 is 5.60 Å². The van der Waals surface area contributed by atoms with Crippen molar-refractivity contribution in [2.75, 3.05) is 0 Å². The molecule has 2 unspecified atom stereocenters. The molecule has 2 atom stereocenters. The molecule has 0 fully saturated rings. The molecule has 2 heteroatoms. The number of fused-ring (bicyclic) bond motifs is 1. The second-order valence-corrected chi connectivity index (χ2v) is 7.09. The van der Waals surface area contributed by atoms with Crippen LogP contribution in [0.4, 0.5) is 0 Å². The smallest absolute Gasteiger partial charge is 0.104 e. The average Bonchev–Trinajstić information content (AvgIpc) is 2.75. The summed E-state index contributed by atoms with van der Waals surface area (Å²) in [7, 11) is 0. The highest BCUT2D eigenvalue weighted by atomic mass is 16.3. The third-order valence-electron chi connectivity index (χ3n) is 5.28. The van der Waals surface area contributed by atoms with Gasteiger partial charge in [-0.25, -0.2) is 0 Å². The first kappa shape index (κ1) is 18.1. The summed E-state index contributed by atoms with van der Waals surface area (Å²) in [5, 5.41) is 13.1. The largest absolute Gasteiger partial charge is 0.384 e. The molecule has 138 valence electrons. The van der Waals surface area contributed by atoms with Crippen molar-refractivity contribution in [3.63, 3.8) is 0 Å². The van der Waals surface area contributed by atoms with E-state index in [0.717, 1.165) is 27.6 Å². The molecule has 4 rings (SSSR count). The number of rotatable bonds is 6. The minimum atomic E-state index is -1.13. The van der Waals surface area contributed by atoms with Gasteiger partial charge < -0.3 is 5.11 Å². The van der Waals surface area contributed by atoms with Crippen LogP contribution in [0.25, 0.3) is 10.9 Å². The first-order valence-corrected chi connectivity index (χ1v) is 9.51. The van der Waals surface area contributed by atoms with Gasteiger partial charge in [0.2, 0.25) is 0 Å². The van der Waals surface area contributed by atoms with Crippen molar-refractivity contribution in [3.05, 3.63) is 127 Å². The number of aliphatic hydroxyl groups is 1. The second kappa shape index (κ2) is 7.79. The number of benzene rings is 3. The Bertz CT molecular complexity index is 1080. The van der Waals surface area contributed by atoms with Crippen LogP contribution < -0.4 is 0 Å². The lowest BCUT2D eigenvalue weighted by atomic mass is 9.72. The number of para-hydroxylation sites is 1. The Kier molecular flexibility index (Phi) is 5.05. The van der Waals surface area contributed by atoms with Crippen LogP contribution in [-0.4, -0.2) is 10.1 Å². The maximum atomic E-state index is 12.0. The van der Waals surface area contributed by atoms with Gasteiger partial charge in [-0.05, 0) is 35.2 Å². The van der Waals surface area contributed by atoms with Crippen LogP contribution in [0.5, 0.6) is 0 Å². The van der Waals surface area contributed by atoms with Crippen molar-refractivity contribution in [1.82, 2.24) is 4.98 Å². The predicted molar refractivity (Wildman–Crippen MR) is 115 cm³/mol. The molecular formula is C26H23NO. The molecular weight excluding hydrogens is 342 g/mol. The monoisotopic (exact) mass is 365 g/mol. The highest BCUT2D eigenvalue weighted by Gasteiger charge is 2.39. The van der Waals surface area contributed by atoms with Gasteiger partial charge in [0.1, 0.15) is 5.60 Å². The summed E-state index contributed by atoms with van der Waals surface area (Å²) >= 11 is 0. The van der Waals surface area contributed by atoms with Crippen LogP contribution in [-0.2, 0) is 5.60 Å². The molecule has 0 saturated heterocycles. The molecule has 0 radical (unpaired) electrons. The molecule has 4 aromatic rings. The van der Waals surface area contributed by atoms with Crippen LogP contribution in [0.3, 0.4) is 0 Å². The summed E-state index contributed by atoms with van der Waals surface area (Å²) in [5.74, 6) is -0.272. The van der Waals surface area contributed by atoms with Crippen LogP contribution in [0.2, 0.25) is 0 Å². The van der Waals surface area contributed by atoms with E-state index in [9.17, 15) is 5.11 Å².